The van der Waals surface area contributed by atoms with Crippen LogP contribution in [-0.2, 0) is 6.54 Å². The minimum absolute atomic E-state index is 0.0826. The first kappa shape index (κ1) is 18.3. The van der Waals surface area contributed by atoms with E-state index in [-0.39, 0.29) is 19.1 Å². The van der Waals surface area contributed by atoms with Crippen molar-refractivity contribution in [2.45, 2.75) is 27.3 Å². The first-order valence-electron chi connectivity index (χ1n) is 8.44. The second-order valence-electron chi connectivity index (χ2n) is 6.19. The summed E-state index contributed by atoms with van der Waals surface area (Å²) in [6.45, 7) is 6.37. The molecule has 0 aliphatic rings. The Morgan fingerprint density at radius 2 is 1.96 bits per heavy atom. The van der Waals surface area contributed by atoms with Crippen LogP contribution in [0.25, 0.3) is 5.13 Å². The fourth-order valence-corrected chi connectivity index (χ4v) is 3.86. The van der Waals surface area contributed by atoms with Gasteiger partial charge < -0.3 is 10.0 Å². The van der Waals surface area contributed by atoms with Gasteiger partial charge in [0, 0.05) is 18.8 Å². The molecule has 136 valence electrons. The van der Waals surface area contributed by atoms with E-state index in [1.165, 1.54) is 11.3 Å². The van der Waals surface area contributed by atoms with Crippen LogP contribution in [0.1, 0.15) is 32.3 Å². The average molecular weight is 370 g/mol. The molecule has 0 saturated carbocycles. The van der Waals surface area contributed by atoms with Gasteiger partial charge in [0.2, 0.25) is 5.13 Å². The van der Waals surface area contributed by atoms with Crippen molar-refractivity contribution in [1.29, 1.82) is 0 Å². The molecule has 6 nitrogen and oxygen atoms in total. The SMILES string of the molecule is Cc1cc(C)n(-c2nc(C)c(C(=O)N(CCO)Cc3ccccc3)s2)n1. The summed E-state index contributed by atoms with van der Waals surface area (Å²) < 4.78 is 1.76. The molecule has 1 aromatic carbocycles. The highest BCUT2D eigenvalue weighted by atomic mass is 32.1. The molecule has 3 rings (SSSR count). The molecule has 0 bridgehead atoms. The third kappa shape index (κ3) is 3.84. The summed E-state index contributed by atoms with van der Waals surface area (Å²) in [5.41, 5.74) is 3.59. The molecule has 0 aliphatic carbocycles. The average Bonchev–Trinajstić information content (AvgIpc) is 3.16. The zero-order chi connectivity index (χ0) is 18.7. The highest BCUT2D eigenvalue weighted by Crippen LogP contribution is 2.24. The van der Waals surface area contributed by atoms with Crippen molar-refractivity contribution < 1.29 is 9.90 Å². The van der Waals surface area contributed by atoms with Gasteiger partial charge >= 0.3 is 0 Å². The Kier molecular flexibility index (Phi) is 5.49. The van der Waals surface area contributed by atoms with Crippen LogP contribution in [0.4, 0.5) is 0 Å². The van der Waals surface area contributed by atoms with Crippen LogP contribution in [0, 0.1) is 20.8 Å². The number of carbonyl (C=O) groups is 1. The fourth-order valence-electron chi connectivity index (χ4n) is 2.81. The van der Waals surface area contributed by atoms with Gasteiger partial charge in [0.05, 0.1) is 18.0 Å². The van der Waals surface area contributed by atoms with Crippen molar-refractivity contribution in [3.05, 3.63) is 63.9 Å². The minimum atomic E-state index is -0.120. The molecular weight excluding hydrogens is 348 g/mol. The zero-order valence-electron chi connectivity index (χ0n) is 15.1. The van der Waals surface area contributed by atoms with Crippen molar-refractivity contribution in [3.63, 3.8) is 0 Å². The Hall–Kier alpha value is -2.51. The summed E-state index contributed by atoms with van der Waals surface area (Å²) in [6.07, 6.45) is 0. The molecule has 1 amide bonds. The summed E-state index contributed by atoms with van der Waals surface area (Å²) in [6, 6.07) is 11.7. The van der Waals surface area contributed by atoms with E-state index >= 15 is 0 Å². The number of aliphatic hydroxyl groups excluding tert-OH is 1. The molecule has 0 fully saturated rings. The number of aliphatic hydroxyl groups is 1. The maximum atomic E-state index is 13.1. The Morgan fingerprint density at radius 3 is 2.58 bits per heavy atom. The van der Waals surface area contributed by atoms with Gasteiger partial charge in [-0.1, -0.05) is 41.7 Å². The summed E-state index contributed by atoms with van der Waals surface area (Å²) in [7, 11) is 0. The first-order chi connectivity index (χ1) is 12.5. The van der Waals surface area contributed by atoms with Crippen LogP contribution >= 0.6 is 11.3 Å². The number of carbonyl (C=O) groups excluding carboxylic acids is 1. The highest BCUT2D eigenvalue weighted by molar-refractivity contribution is 7.16. The topological polar surface area (TPSA) is 71.2 Å². The number of hydrogen-bond donors (Lipinski definition) is 1. The van der Waals surface area contributed by atoms with Gasteiger partial charge in [0.1, 0.15) is 4.88 Å². The largest absolute Gasteiger partial charge is 0.395 e. The van der Waals surface area contributed by atoms with Gasteiger partial charge in [-0.15, -0.1) is 0 Å². The number of nitrogens with zero attached hydrogens (tertiary/aromatic N) is 4. The van der Waals surface area contributed by atoms with E-state index in [9.17, 15) is 9.90 Å². The van der Waals surface area contributed by atoms with Crippen LogP contribution in [-0.4, -0.2) is 43.8 Å². The summed E-state index contributed by atoms with van der Waals surface area (Å²) in [5, 5.41) is 14.5. The summed E-state index contributed by atoms with van der Waals surface area (Å²) in [5.74, 6) is -0.120. The van der Waals surface area contributed by atoms with Crippen molar-refractivity contribution in [3.8, 4) is 5.13 Å². The standard InChI is InChI=1S/C19H22N4O2S/c1-13-11-14(2)23(21-13)19-20-15(3)17(26-19)18(25)22(9-10-24)12-16-7-5-4-6-8-16/h4-8,11,24H,9-10,12H2,1-3H3. The fraction of sp³-hybridized carbons (Fsp3) is 0.316. The van der Waals surface area contributed by atoms with E-state index < -0.39 is 0 Å². The van der Waals surface area contributed by atoms with E-state index in [2.05, 4.69) is 10.1 Å². The number of aryl methyl sites for hydroxylation is 3. The van der Waals surface area contributed by atoms with E-state index in [1.807, 2.05) is 57.2 Å². The lowest BCUT2D eigenvalue weighted by molar-refractivity contribution is 0.0711. The summed E-state index contributed by atoms with van der Waals surface area (Å²) in [4.78, 5) is 19.8. The maximum absolute atomic E-state index is 13.1. The van der Waals surface area contributed by atoms with Crippen LogP contribution in [0.5, 0.6) is 0 Å². The van der Waals surface area contributed by atoms with Gasteiger partial charge in [0.15, 0.2) is 0 Å². The Morgan fingerprint density at radius 1 is 1.23 bits per heavy atom. The second-order valence-corrected chi connectivity index (χ2v) is 7.16. The molecule has 0 spiro atoms. The van der Waals surface area contributed by atoms with Gasteiger partial charge in [-0.05, 0) is 32.4 Å². The van der Waals surface area contributed by atoms with Gasteiger partial charge in [0.25, 0.3) is 5.91 Å². The molecule has 0 radical (unpaired) electrons. The van der Waals surface area contributed by atoms with Gasteiger partial charge in [-0.25, -0.2) is 9.67 Å². The Labute approximate surface area is 156 Å². The minimum Gasteiger partial charge on any atom is -0.395 e. The van der Waals surface area contributed by atoms with Crippen LogP contribution in [0.3, 0.4) is 0 Å². The lowest BCUT2D eigenvalue weighted by Crippen LogP contribution is -2.33. The van der Waals surface area contributed by atoms with E-state index in [0.717, 1.165) is 17.0 Å². The van der Waals surface area contributed by atoms with Crippen LogP contribution in [0.2, 0.25) is 0 Å². The van der Waals surface area contributed by atoms with Crippen molar-refractivity contribution >= 4 is 17.2 Å². The van der Waals surface area contributed by atoms with Gasteiger partial charge in [-0.3, -0.25) is 4.79 Å². The number of thiazole rings is 1. The molecule has 26 heavy (non-hydrogen) atoms. The molecule has 7 heteroatoms. The zero-order valence-corrected chi connectivity index (χ0v) is 16.0. The van der Waals surface area contributed by atoms with Crippen molar-refractivity contribution in [1.82, 2.24) is 19.7 Å². The monoisotopic (exact) mass is 370 g/mol. The van der Waals surface area contributed by atoms with E-state index in [1.54, 1.807) is 9.58 Å². The lowest BCUT2D eigenvalue weighted by Gasteiger charge is -2.21. The molecule has 0 atom stereocenters. The number of aromatic nitrogens is 3. The molecule has 0 saturated heterocycles. The van der Waals surface area contributed by atoms with Crippen molar-refractivity contribution in [2.24, 2.45) is 0 Å². The van der Waals surface area contributed by atoms with Gasteiger partial charge in [-0.2, -0.15) is 5.10 Å². The third-order valence-corrected chi connectivity index (χ3v) is 5.16. The molecule has 2 aromatic heterocycles. The molecule has 1 N–H and O–H groups in total. The highest BCUT2D eigenvalue weighted by Gasteiger charge is 2.22. The smallest absolute Gasteiger partial charge is 0.266 e. The molecular formula is C19H22N4O2S. The number of rotatable bonds is 6. The van der Waals surface area contributed by atoms with E-state index in [4.69, 9.17) is 0 Å². The van der Waals surface area contributed by atoms with Crippen LogP contribution < -0.4 is 0 Å². The number of benzene rings is 1. The van der Waals surface area contributed by atoms with Crippen molar-refractivity contribution in [2.75, 3.05) is 13.2 Å². The van der Waals surface area contributed by atoms with Crippen LogP contribution in [0.15, 0.2) is 36.4 Å². The molecule has 2 heterocycles. The first-order valence-corrected chi connectivity index (χ1v) is 9.26. The lowest BCUT2D eigenvalue weighted by atomic mass is 10.2. The van der Waals surface area contributed by atoms with E-state index in [0.29, 0.717) is 22.2 Å². The predicted molar refractivity (Wildman–Crippen MR) is 102 cm³/mol. The predicted octanol–water partition coefficient (Wildman–Crippen LogP) is 2.89. The quantitative estimate of drug-likeness (QED) is 0.724. The molecule has 3 aromatic rings. The Balaban J connectivity index is 1.88. The second kappa shape index (κ2) is 7.80. The normalized spacial score (nSPS) is 10.9. The summed E-state index contributed by atoms with van der Waals surface area (Å²) >= 11 is 1.33. The Bertz CT molecular complexity index is 902. The maximum Gasteiger partial charge on any atom is 0.266 e. The number of hydrogen-bond acceptors (Lipinski definition) is 5. The third-order valence-electron chi connectivity index (χ3n) is 4.04. The molecule has 0 aliphatic heterocycles. The number of amides is 1. The molecule has 0 unspecified atom stereocenters.